The number of nitrogens with one attached hydrogen (secondary N) is 1. The maximum Gasteiger partial charge on any atom is 0.259 e. The normalized spacial score (nSPS) is 25.2. The Bertz CT molecular complexity index is 887. The van der Waals surface area contributed by atoms with Gasteiger partial charge in [-0.05, 0) is 57.1 Å². The van der Waals surface area contributed by atoms with Gasteiger partial charge in [0.25, 0.3) is 5.56 Å². The molecule has 3 atom stereocenters. The lowest BCUT2D eigenvalue weighted by molar-refractivity contribution is -0.122. The third-order valence-corrected chi connectivity index (χ3v) is 6.85. The van der Waals surface area contributed by atoms with Crippen LogP contribution in [0.4, 0.5) is 0 Å². The van der Waals surface area contributed by atoms with E-state index in [0.717, 1.165) is 48.9 Å². The topological polar surface area (TPSA) is 92.1 Å². The van der Waals surface area contributed by atoms with Crippen molar-refractivity contribution in [2.75, 3.05) is 6.54 Å². The fraction of sp³-hybridized carbons (Fsp3) is 0.611. The number of aromatic amines is 1. The molecule has 1 saturated heterocycles. The number of H-pyrrole nitrogens is 1. The van der Waals surface area contributed by atoms with Gasteiger partial charge >= 0.3 is 0 Å². The quantitative estimate of drug-likeness (QED) is 0.877. The van der Waals surface area contributed by atoms with Crippen molar-refractivity contribution in [3.8, 4) is 0 Å². The molecule has 0 aromatic carbocycles. The number of carbonyl (C=O) groups is 1. The molecule has 2 aromatic rings. The molecule has 1 fully saturated rings. The summed E-state index contributed by atoms with van der Waals surface area (Å²) in [5, 5.41) is 0.774. The van der Waals surface area contributed by atoms with Crippen molar-refractivity contribution < 1.29 is 4.79 Å². The summed E-state index contributed by atoms with van der Waals surface area (Å²) < 4.78 is 0. The number of nitrogens with two attached hydrogens (primary N) is 1. The largest absolute Gasteiger partial charge is 0.368 e. The summed E-state index contributed by atoms with van der Waals surface area (Å²) >= 11 is 1.66. The van der Waals surface area contributed by atoms with Gasteiger partial charge < -0.3 is 10.7 Å². The lowest BCUT2D eigenvalue weighted by Gasteiger charge is -2.27. The maximum atomic E-state index is 12.7. The first kappa shape index (κ1) is 16.7. The highest BCUT2D eigenvalue weighted by molar-refractivity contribution is 7.18. The van der Waals surface area contributed by atoms with Gasteiger partial charge in [0.2, 0.25) is 5.91 Å². The van der Waals surface area contributed by atoms with E-state index >= 15 is 0 Å². The number of likely N-dealkylation sites (tertiary alicyclic amines) is 1. The molecular weight excluding hydrogens is 336 g/mol. The van der Waals surface area contributed by atoms with Crippen LogP contribution in [0.3, 0.4) is 0 Å². The number of amides is 1. The average Bonchev–Trinajstić information content (AvgIpc) is 3.17. The lowest BCUT2D eigenvalue weighted by Crippen LogP contribution is -2.42. The Hall–Kier alpha value is -1.73. The predicted molar refractivity (Wildman–Crippen MR) is 98.8 cm³/mol. The first-order chi connectivity index (χ1) is 12.0. The second-order valence-corrected chi connectivity index (χ2v) is 8.54. The van der Waals surface area contributed by atoms with Gasteiger partial charge in [0, 0.05) is 4.88 Å². The molecule has 0 saturated carbocycles. The molecule has 25 heavy (non-hydrogen) atoms. The minimum Gasteiger partial charge on any atom is -0.368 e. The SMILES string of the molecule is CC1CCc2c(sc3nc(C(C)N4CCCC4C(N)=O)[nH]c(=O)c23)C1. The number of hydrogen-bond acceptors (Lipinski definition) is 5. The van der Waals surface area contributed by atoms with E-state index < -0.39 is 0 Å². The number of aromatic nitrogens is 2. The monoisotopic (exact) mass is 360 g/mol. The lowest BCUT2D eigenvalue weighted by atomic mass is 9.89. The molecule has 0 bridgehead atoms. The fourth-order valence-corrected chi connectivity index (χ4v) is 5.67. The van der Waals surface area contributed by atoms with Gasteiger partial charge in [-0.3, -0.25) is 14.5 Å². The zero-order chi connectivity index (χ0) is 17.7. The molecule has 3 unspecified atom stereocenters. The Morgan fingerprint density at radius 3 is 3.00 bits per heavy atom. The molecule has 6 nitrogen and oxygen atoms in total. The van der Waals surface area contributed by atoms with Gasteiger partial charge in [0.1, 0.15) is 10.7 Å². The van der Waals surface area contributed by atoms with Crippen molar-refractivity contribution >= 4 is 27.5 Å². The first-order valence-electron chi connectivity index (χ1n) is 9.05. The second kappa shape index (κ2) is 6.21. The molecule has 0 radical (unpaired) electrons. The Labute approximate surface area is 150 Å². The van der Waals surface area contributed by atoms with E-state index in [9.17, 15) is 9.59 Å². The van der Waals surface area contributed by atoms with Crippen molar-refractivity contribution in [3.05, 3.63) is 26.6 Å². The minimum absolute atomic E-state index is 0.0475. The molecule has 3 N–H and O–H groups in total. The molecular formula is C18H24N4O2S. The highest BCUT2D eigenvalue weighted by atomic mass is 32.1. The summed E-state index contributed by atoms with van der Waals surface area (Å²) in [6, 6.07) is -0.399. The molecule has 3 heterocycles. The third kappa shape index (κ3) is 2.79. The Morgan fingerprint density at radius 2 is 2.24 bits per heavy atom. The highest BCUT2D eigenvalue weighted by Gasteiger charge is 2.34. The van der Waals surface area contributed by atoms with E-state index in [1.807, 2.05) is 6.92 Å². The van der Waals surface area contributed by atoms with Crippen molar-refractivity contribution in [1.82, 2.24) is 14.9 Å². The molecule has 4 rings (SSSR count). The zero-order valence-electron chi connectivity index (χ0n) is 14.7. The Kier molecular flexibility index (Phi) is 4.16. The number of hydrogen-bond donors (Lipinski definition) is 2. The van der Waals surface area contributed by atoms with Gasteiger partial charge in [0.15, 0.2) is 0 Å². The summed E-state index contributed by atoms with van der Waals surface area (Å²) in [7, 11) is 0. The standard InChI is InChI=1S/C18H24N4O2S/c1-9-5-6-11-13(8-9)25-18-14(11)17(24)20-16(21-18)10(2)22-7-3-4-12(22)15(19)23/h9-10,12H,3-8H2,1-2H3,(H2,19,23)(H,20,21,24). The molecule has 7 heteroatoms. The van der Waals surface area contributed by atoms with Crippen LogP contribution in [0, 0.1) is 5.92 Å². The number of primary amides is 1. The third-order valence-electron chi connectivity index (χ3n) is 5.70. The minimum atomic E-state index is -0.298. The van der Waals surface area contributed by atoms with Crippen molar-refractivity contribution in [3.63, 3.8) is 0 Å². The van der Waals surface area contributed by atoms with E-state index in [1.165, 1.54) is 10.4 Å². The number of rotatable bonds is 3. The van der Waals surface area contributed by atoms with Crippen LogP contribution in [0.2, 0.25) is 0 Å². The zero-order valence-corrected chi connectivity index (χ0v) is 15.5. The molecule has 2 aliphatic rings. The van der Waals surface area contributed by atoms with Crippen molar-refractivity contribution in [2.24, 2.45) is 11.7 Å². The Balaban J connectivity index is 1.74. The van der Waals surface area contributed by atoms with E-state index in [-0.39, 0.29) is 23.6 Å². The van der Waals surface area contributed by atoms with E-state index in [2.05, 4.69) is 16.8 Å². The number of aryl methyl sites for hydroxylation is 1. The number of nitrogens with zero attached hydrogens (tertiary/aromatic N) is 2. The second-order valence-electron chi connectivity index (χ2n) is 7.46. The Morgan fingerprint density at radius 1 is 1.44 bits per heavy atom. The summed E-state index contributed by atoms with van der Waals surface area (Å²) in [5.74, 6) is 1.00. The van der Waals surface area contributed by atoms with Gasteiger partial charge in [0.05, 0.1) is 17.5 Å². The average molecular weight is 360 g/mol. The molecule has 0 spiro atoms. The summed E-state index contributed by atoms with van der Waals surface area (Å²) in [5.41, 5.74) is 6.68. The van der Waals surface area contributed by atoms with Gasteiger partial charge in [-0.2, -0.15) is 0 Å². The van der Waals surface area contributed by atoms with Crippen LogP contribution in [0.5, 0.6) is 0 Å². The van der Waals surface area contributed by atoms with Crippen LogP contribution in [-0.2, 0) is 17.6 Å². The van der Waals surface area contributed by atoms with E-state index in [0.29, 0.717) is 11.7 Å². The van der Waals surface area contributed by atoms with Crippen molar-refractivity contribution in [2.45, 2.75) is 58.0 Å². The van der Waals surface area contributed by atoms with E-state index in [1.54, 1.807) is 11.3 Å². The molecule has 1 aliphatic carbocycles. The van der Waals surface area contributed by atoms with Crippen molar-refractivity contribution in [1.29, 1.82) is 0 Å². The number of carbonyl (C=O) groups excluding carboxylic acids is 1. The molecule has 1 aliphatic heterocycles. The van der Waals surface area contributed by atoms with Crippen LogP contribution < -0.4 is 11.3 Å². The van der Waals surface area contributed by atoms with Crippen LogP contribution >= 0.6 is 11.3 Å². The fourth-order valence-electron chi connectivity index (χ4n) is 4.28. The first-order valence-corrected chi connectivity index (χ1v) is 9.87. The summed E-state index contributed by atoms with van der Waals surface area (Å²) in [4.78, 5) is 36.4. The summed E-state index contributed by atoms with van der Waals surface area (Å²) in [6.45, 7) is 5.05. The van der Waals surface area contributed by atoms with Crippen LogP contribution in [0.25, 0.3) is 10.2 Å². The van der Waals surface area contributed by atoms with Gasteiger partial charge in [-0.25, -0.2) is 4.98 Å². The number of thiophene rings is 1. The summed E-state index contributed by atoms with van der Waals surface area (Å²) in [6.07, 6.45) is 4.85. The molecule has 1 amide bonds. The maximum absolute atomic E-state index is 12.7. The highest BCUT2D eigenvalue weighted by Crippen LogP contribution is 2.36. The molecule has 2 aromatic heterocycles. The van der Waals surface area contributed by atoms with E-state index in [4.69, 9.17) is 10.7 Å². The van der Waals surface area contributed by atoms with Crippen LogP contribution in [0.15, 0.2) is 4.79 Å². The molecule has 134 valence electrons. The van der Waals surface area contributed by atoms with Crippen LogP contribution in [-0.4, -0.2) is 33.4 Å². The van der Waals surface area contributed by atoms with Crippen LogP contribution in [0.1, 0.15) is 55.4 Å². The van der Waals surface area contributed by atoms with Gasteiger partial charge in [-0.15, -0.1) is 11.3 Å². The predicted octanol–water partition coefficient (Wildman–Crippen LogP) is 2.12. The van der Waals surface area contributed by atoms with Gasteiger partial charge in [-0.1, -0.05) is 6.92 Å². The number of fused-ring (bicyclic) bond motifs is 3. The smallest absolute Gasteiger partial charge is 0.259 e.